The predicted molar refractivity (Wildman–Crippen MR) is 115 cm³/mol. The van der Waals surface area contributed by atoms with Crippen molar-refractivity contribution in [2.45, 2.75) is 32.1 Å². The molecule has 1 aliphatic carbocycles. The summed E-state index contributed by atoms with van der Waals surface area (Å²) in [4.78, 5) is 7.75. The molecule has 0 unspecified atom stereocenters. The van der Waals surface area contributed by atoms with Crippen LogP contribution in [-0.2, 0) is 6.42 Å². The Labute approximate surface area is 170 Å². The lowest BCUT2D eigenvalue weighted by Gasteiger charge is -2.05. The van der Waals surface area contributed by atoms with Crippen molar-refractivity contribution in [2.75, 3.05) is 7.11 Å². The van der Waals surface area contributed by atoms with Crippen LogP contribution >= 0.6 is 0 Å². The van der Waals surface area contributed by atoms with Gasteiger partial charge < -0.3 is 9.72 Å². The molecule has 4 heteroatoms. The van der Waals surface area contributed by atoms with Crippen LogP contribution in [0.15, 0.2) is 60.3 Å². The number of H-pyrrole nitrogens is 1. The number of ether oxygens (including phenoxy) is 1. The number of nitrogens with one attached hydrogen (secondary N) is 1. The summed E-state index contributed by atoms with van der Waals surface area (Å²) >= 11 is 0. The smallest absolute Gasteiger partial charge is 0.212 e. The van der Waals surface area contributed by atoms with Gasteiger partial charge in [0.15, 0.2) is 0 Å². The zero-order chi connectivity index (χ0) is 20.1. The molecule has 0 spiro atoms. The molecule has 29 heavy (non-hydrogen) atoms. The first-order valence-electron chi connectivity index (χ1n) is 10.1. The summed E-state index contributed by atoms with van der Waals surface area (Å²) in [6.07, 6.45) is 13.8. The topological polar surface area (TPSA) is 37.9 Å². The number of pyridine rings is 1. The summed E-state index contributed by atoms with van der Waals surface area (Å²) in [6.45, 7) is 0. The fourth-order valence-electron chi connectivity index (χ4n) is 3.69. The van der Waals surface area contributed by atoms with Crippen LogP contribution in [0.25, 0.3) is 23.4 Å². The van der Waals surface area contributed by atoms with Gasteiger partial charge in [-0.25, -0.2) is 9.37 Å². The minimum atomic E-state index is -0.217. The highest BCUT2D eigenvalue weighted by Gasteiger charge is 2.05. The molecule has 0 fully saturated rings. The predicted octanol–water partition coefficient (Wildman–Crippen LogP) is 4.53. The van der Waals surface area contributed by atoms with E-state index in [4.69, 9.17) is 4.74 Å². The third kappa shape index (κ3) is 4.83. The normalized spacial score (nSPS) is 16.3. The Kier molecular flexibility index (Phi) is 5.89. The van der Waals surface area contributed by atoms with E-state index in [0.717, 1.165) is 48.7 Å². The summed E-state index contributed by atoms with van der Waals surface area (Å²) in [5, 5.41) is 2.29. The molecule has 148 valence electrons. The third-order valence-corrected chi connectivity index (χ3v) is 5.22. The van der Waals surface area contributed by atoms with Gasteiger partial charge in [-0.2, -0.15) is 0 Å². The first kappa shape index (κ1) is 19.2. The van der Waals surface area contributed by atoms with Gasteiger partial charge >= 0.3 is 0 Å². The molecule has 3 aromatic rings. The number of fused-ring (bicyclic) bond motifs is 1. The molecule has 0 saturated heterocycles. The van der Waals surface area contributed by atoms with Crippen LogP contribution in [0.2, 0.25) is 0 Å². The molecule has 0 amide bonds. The molecule has 0 aliphatic heterocycles. The van der Waals surface area contributed by atoms with Gasteiger partial charge in [0.1, 0.15) is 5.82 Å². The van der Waals surface area contributed by atoms with E-state index in [1.165, 1.54) is 22.4 Å². The van der Waals surface area contributed by atoms with E-state index < -0.39 is 0 Å². The Hall–Kier alpha value is -3.14. The lowest BCUT2D eigenvalue weighted by Crippen LogP contribution is -2.22. The van der Waals surface area contributed by atoms with Gasteiger partial charge in [0.05, 0.1) is 7.11 Å². The molecular weight excluding hydrogens is 363 g/mol. The Balaban J connectivity index is 1.50. The van der Waals surface area contributed by atoms with Crippen molar-refractivity contribution in [3.63, 3.8) is 0 Å². The summed E-state index contributed by atoms with van der Waals surface area (Å²) in [5.74, 6) is 0.431. The number of hydrogen-bond acceptors (Lipinski definition) is 2. The molecule has 1 aliphatic rings. The van der Waals surface area contributed by atoms with Crippen LogP contribution in [0.1, 0.15) is 31.2 Å². The van der Waals surface area contributed by atoms with Gasteiger partial charge in [-0.3, -0.25) is 0 Å². The maximum Gasteiger partial charge on any atom is 0.212 e. The van der Waals surface area contributed by atoms with Gasteiger partial charge in [0.25, 0.3) is 0 Å². The van der Waals surface area contributed by atoms with Gasteiger partial charge in [-0.05, 0) is 72.7 Å². The van der Waals surface area contributed by atoms with E-state index in [1.807, 2.05) is 18.3 Å². The van der Waals surface area contributed by atoms with Crippen molar-refractivity contribution in [2.24, 2.45) is 0 Å². The highest BCUT2D eigenvalue weighted by molar-refractivity contribution is 5.61. The minimum Gasteiger partial charge on any atom is -0.481 e. The van der Waals surface area contributed by atoms with Crippen LogP contribution in [0.4, 0.5) is 4.39 Å². The summed E-state index contributed by atoms with van der Waals surface area (Å²) in [5.41, 5.74) is 4.39. The molecule has 2 heterocycles. The molecule has 2 aromatic heterocycles. The van der Waals surface area contributed by atoms with Crippen molar-refractivity contribution in [3.8, 4) is 17.1 Å². The second-order valence-electron chi connectivity index (χ2n) is 7.33. The highest BCUT2D eigenvalue weighted by atomic mass is 19.1. The number of rotatable bonds is 6. The number of methoxy groups -OCH3 is 1. The number of benzene rings is 1. The largest absolute Gasteiger partial charge is 0.481 e. The van der Waals surface area contributed by atoms with E-state index >= 15 is 0 Å². The zero-order valence-corrected chi connectivity index (χ0v) is 16.6. The van der Waals surface area contributed by atoms with Gasteiger partial charge in [0.2, 0.25) is 5.88 Å². The molecule has 4 rings (SSSR count). The maximum absolute atomic E-state index is 13.6. The molecular formula is C25H25FN2O. The first-order valence-corrected chi connectivity index (χ1v) is 10.1. The van der Waals surface area contributed by atoms with Crippen molar-refractivity contribution < 1.29 is 9.13 Å². The first-order chi connectivity index (χ1) is 14.2. The van der Waals surface area contributed by atoms with E-state index in [1.54, 1.807) is 19.2 Å². The van der Waals surface area contributed by atoms with E-state index in [2.05, 4.69) is 40.3 Å². The molecule has 0 atom stereocenters. The maximum atomic E-state index is 13.6. The van der Waals surface area contributed by atoms with Crippen molar-refractivity contribution >= 4 is 12.2 Å². The fourth-order valence-corrected chi connectivity index (χ4v) is 3.69. The number of aromatic nitrogens is 2. The fraction of sp³-hybridized carbons (Fsp3) is 0.240. The van der Waals surface area contributed by atoms with Crippen molar-refractivity contribution in [3.05, 3.63) is 82.3 Å². The van der Waals surface area contributed by atoms with Crippen LogP contribution in [-0.4, -0.2) is 17.1 Å². The number of aromatic amines is 1. The summed E-state index contributed by atoms with van der Waals surface area (Å²) in [7, 11) is 1.63. The van der Waals surface area contributed by atoms with E-state index in [0.29, 0.717) is 5.88 Å². The Morgan fingerprint density at radius 3 is 2.76 bits per heavy atom. The standard InChI is InChI=1S/C25H25FN2O/c1-29-25-13-12-19(17-27-25)8-4-7-18-6-2-3-9-21-16-24(28-23(21)14-18)20-10-5-11-22(26)15-20/h5-6,9-17,28H,2-4,7-8H2,1H3/b18-6-,21-9?,23-14+. The lowest BCUT2D eigenvalue weighted by molar-refractivity contribution is 0.397. The SMILES string of the molecule is COc1ccc(CCCC2=C/CCC=c3cc(-c4cccc(F)c4)[nH]\c3=C\2)cn1. The number of hydrogen-bond donors (Lipinski definition) is 1. The second-order valence-corrected chi connectivity index (χ2v) is 7.33. The van der Waals surface area contributed by atoms with Crippen LogP contribution < -0.4 is 15.3 Å². The lowest BCUT2D eigenvalue weighted by atomic mass is 10.0. The molecule has 1 aromatic carbocycles. The van der Waals surface area contributed by atoms with Gasteiger partial charge in [-0.15, -0.1) is 0 Å². The highest BCUT2D eigenvalue weighted by Crippen LogP contribution is 2.17. The average molecular weight is 388 g/mol. The molecule has 0 saturated carbocycles. The number of nitrogens with zero attached hydrogens (tertiary/aromatic N) is 1. The van der Waals surface area contributed by atoms with E-state index in [9.17, 15) is 4.39 Å². The van der Waals surface area contributed by atoms with Crippen LogP contribution in [0, 0.1) is 5.82 Å². The monoisotopic (exact) mass is 388 g/mol. The van der Waals surface area contributed by atoms with Crippen molar-refractivity contribution in [1.29, 1.82) is 0 Å². The number of aryl methyl sites for hydroxylation is 1. The Morgan fingerprint density at radius 2 is 1.97 bits per heavy atom. The second kappa shape index (κ2) is 8.91. The molecule has 3 nitrogen and oxygen atoms in total. The van der Waals surface area contributed by atoms with Crippen molar-refractivity contribution in [1.82, 2.24) is 9.97 Å². The van der Waals surface area contributed by atoms with Crippen LogP contribution in [0.3, 0.4) is 0 Å². The Bertz CT molecular complexity index is 1130. The summed E-state index contributed by atoms with van der Waals surface area (Å²) < 4.78 is 18.7. The minimum absolute atomic E-state index is 0.217. The number of halogens is 1. The zero-order valence-electron chi connectivity index (χ0n) is 16.6. The van der Waals surface area contributed by atoms with Gasteiger partial charge in [0, 0.05) is 28.9 Å². The Morgan fingerprint density at radius 1 is 1.07 bits per heavy atom. The van der Waals surface area contributed by atoms with E-state index in [-0.39, 0.29) is 5.82 Å². The molecule has 0 bridgehead atoms. The quantitative estimate of drug-likeness (QED) is 0.674. The number of allylic oxidation sites excluding steroid dienone is 2. The van der Waals surface area contributed by atoms with Gasteiger partial charge in [-0.1, -0.05) is 30.4 Å². The third-order valence-electron chi connectivity index (χ3n) is 5.22. The molecule has 0 radical (unpaired) electrons. The summed E-state index contributed by atoms with van der Waals surface area (Å²) in [6, 6.07) is 12.8. The van der Waals surface area contributed by atoms with Crippen LogP contribution in [0.5, 0.6) is 5.88 Å². The average Bonchev–Trinajstić information content (AvgIpc) is 3.11. The molecule has 1 N–H and O–H groups in total.